The van der Waals surface area contributed by atoms with Crippen molar-refractivity contribution in [3.8, 4) is 0 Å². The molecule has 1 fully saturated rings. The van der Waals surface area contributed by atoms with Gasteiger partial charge in [0.25, 0.3) is 0 Å². The van der Waals surface area contributed by atoms with E-state index < -0.39 is 0 Å². The third-order valence-corrected chi connectivity index (χ3v) is 5.34. The summed E-state index contributed by atoms with van der Waals surface area (Å²) in [7, 11) is 4.02. The van der Waals surface area contributed by atoms with Crippen molar-refractivity contribution in [2.75, 3.05) is 27.2 Å². The second kappa shape index (κ2) is 12.5. The molecule has 0 saturated heterocycles. The van der Waals surface area contributed by atoms with E-state index in [-0.39, 0.29) is 24.0 Å². The van der Waals surface area contributed by atoms with Crippen molar-refractivity contribution in [1.82, 2.24) is 20.7 Å². The van der Waals surface area contributed by atoms with Gasteiger partial charge in [0.2, 0.25) is 0 Å². The number of halogens is 1. The van der Waals surface area contributed by atoms with Gasteiger partial charge in [0, 0.05) is 38.2 Å². The maximum Gasteiger partial charge on any atom is 0.191 e. The molecule has 1 heterocycles. The highest BCUT2D eigenvalue weighted by Crippen LogP contribution is 2.22. The molecule has 6 nitrogen and oxygen atoms in total. The minimum Gasteiger partial charge on any atom is -0.359 e. The highest BCUT2D eigenvalue weighted by Gasteiger charge is 2.19. The van der Waals surface area contributed by atoms with E-state index in [2.05, 4.69) is 52.6 Å². The van der Waals surface area contributed by atoms with Crippen LogP contribution in [0.15, 0.2) is 15.6 Å². The molecule has 1 aromatic heterocycles. The van der Waals surface area contributed by atoms with Crippen LogP contribution in [0, 0.1) is 0 Å². The fraction of sp³-hybridized carbons (Fsp3) is 0.789. The number of aromatic nitrogens is 1. The molecule has 150 valence electrons. The Hall–Kier alpha value is -0.830. The molecule has 0 aliphatic heterocycles. The molecular weight excluding hydrogens is 441 g/mol. The summed E-state index contributed by atoms with van der Waals surface area (Å²) in [6.07, 6.45) is 7.62. The van der Waals surface area contributed by atoms with E-state index in [0.29, 0.717) is 12.5 Å². The smallest absolute Gasteiger partial charge is 0.191 e. The zero-order valence-electron chi connectivity index (χ0n) is 16.8. The Morgan fingerprint density at radius 3 is 2.62 bits per heavy atom. The topological polar surface area (TPSA) is 65.7 Å². The molecule has 0 amide bonds. The molecule has 0 unspecified atom stereocenters. The van der Waals surface area contributed by atoms with E-state index in [1.807, 2.05) is 0 Å². The van der Waals surface area contributed by atoms with Gasteiger partial charge >= 0.3 is 0 Å². The normalized spacial score (nSPS) is 15.5. The minimum absolute atomic E-state index is 0. The van der Waals surface area contributed by atoms with Crippen LogP contribution >= 0.6 is 24.0 Å². The van der Waals surface area contributed by atoms with Crippen LogP contribution in [0.3, 0.4) is 0 Å². The second-order valence-corrected chi connectivity index (χ2v) is 7.00. The largest absolute Gasteiger partial charge is 0.359 e. The average Bonchev–Trinajstić information content (AvgIpc) is 3.31. The molecule has 0 bridgehead atoms. The Kier molecular flexibility index (Phi) is 11.2. The maximum absolute atomic E-state index is 5.45. The number of nitrogens with one attached hydrogen (secondary N) is 2. The number of aliphatic imine (C=N–C) groups is 1. The van der Waals surface area contributed by atoms with Gasteiger partial charge in [-0.05, 0) is 32.7 Å². The van der Waals surface area contributed by atoms with Crippen molar-refractivity contribution < 1.29 is 4.52 Å². The molecule has 2 rings (SSSR count). The molecular formula is C19H36IN5O. The first-order valence-electron chi connectivity index (χ1n) is 9.78. The highest BCUT2D eigenvalue weighted by atomic mass is 127. The zero-order chi connectivity index (χ0) is 18.1. The summed E-state index contributed by atoms with van der Waals surface area (Å²) in [6, 6.07) is 2.82. The van der Waals surface area contributed by atoms with Crippen molar-refractivity contribution in [3.63, 3.8) is 0 Å². The number of guanidine groups is 1. The van der Waals surface area contributed by atoms with Crippen LogP contribution in [0.4, 0.5) is 0 Å². The van der Waals surface area contributed by atoms with Gasteiger partial charge in [-0.1, -0.05) is 31.8 Å². The lowest BCUT2D eigenvalue weighted by Gasteiger charge is -2.24. The summed E-state index contributed by atoms with van der Waals surface area (Å²) in [4.78, 5) is 6.75. The van der Waals surface area contributed by atoms with Crippen molar-refractivity contribution in [2.45, 2.75) is 70.9 Å². The Morgan fingerprint density at radius 2 is 2.00 bits per heavy atom. The fourth-order valence-electron chi connectivity index (χ4n) is 3.58. The molecule has 0 radical (unpaired) electrons. The fourth-order valence-corrected chi connectivity index (χ4v) is 3.58. The predicted octanol–water partition coefficient (Wildman–Crippen LogP) is 3.74. The summed E-state index contributed by atoms with van der Waals surface area (Å²) in [5.41, 5.74) is 1.06. The van der Waals surface area contributed by atoms with Crippen LogP contribution in [-0.4, -0.2) is 49.2 Å². The Labute approximate surface area is 175 Å². The molecule has 26 heavy (non-hydrogen) atoms. The minimum atomic E-state index is 0. The van der Waals surface area contributed by atoms with Crippen LogP contribution in [0.25, 0.3) is 0 Å². The monoisotopic (exact) mass is 477 g/mol. The molecule has 0 atom stereocenters. The summed E-state index contributed by atoms with van der Waals surface area (Å²) in [5.74, 6) is 2.15. The summed E-state index contributed by atoms with van der Waals surface area (Å²) in [6.45, 7) is 6.91. The molecule has 1 saturated carbocycles. The zero-order valence-corrected chi connectivity index (χ0v) is 19.1. The van der Waals surface area contributed by atoms with Crippen molar-refractivity contribution in [2.24, 2.45) is 4.99 Å². The maximum atomic E-state index is 5.45. The van der Waals surface area contributed by atoms with Gasteiger partial charge in [0.05, 0.1) is 12.2 Å². The van der Waals surface area contributed by atoms with E-state index in [1.54, 1.807) is 7.05 Å². The Bertz CT molecular complexity index is 524. The predicted molar refractivity (Wildman–Crippen MR) is 118 cm³/mol. The van der Waals surface area contributed by atoms with Gasteiger partial charge in [-0.3, -0.25) is 4.99 Å². The third kappa shape index (κ3) is 7.06. The van der Waals surface area contributed by atoms with Gasteiger partial charge in [0.1, 0.15) is 0 Å². The third-order valence-electron chi connectivity index (χ3n) is 5.34. The van der Waals surface area contributed by atoms with Gasteiger partial charge in [-0.15, -0.1) is 24.0 Å². The van der Waals surface area contributed by atoms with E-state index in [1.165, 1.54) is 25.7 Å². The average molecular weight is 477 g/mol. The van der Waals surface area contributed by atoms with Crippen LogP contribution in [0.2, 0.25) is 0 Å². The van der Waals surface area contributed by atoms with E-state index in [4.69, 9.17) is 4.52 Å². The van der Waals surface area contributed by atoms with Crippen LogP contribution in [-0.2, 0) is 6.54 Å². The Morgan fingerprint density at radius 1 is 1.31 bits per heavy atom. The quantitative estimate of drug-likeness (QED) is 0.322. The summed E-state index contributed by atoms with van der Waals surface area (Å²) >= 11 is 0. The molecule has 0 aromatic carbocycles. The van der Waals surface area contributed by atoms with Crippen molar-refractivity contribution in [3.05, 3.63) is 17.5 Å². The van der Waals surface area contributed by atoms with Crippen LogP contribution in [0.5, 0.6) is 0 Å². The van der Waals surface area contributed by atoms with Gasteiger partial charge < -0.3 is 20.1 Å². The van der Waals surface area contributed by atoms with E-state index in [0.717, 1.165) is 49.4 Å². The molecule has 1 aromatic rings. The lowest BCUT2D eigenvalue weighted by atomic mass is 9.99. The SMILES string of the molecule is CCC(CC)c1cc(CNC(=NC)NCCN(C)C2CCCC2)on1.I. The molecule has 2 N–H and O–H groups in total. The van der Waals surface area contributed by atoms with Crippen molar-refractivity contribution in [1.29, 1.82) is 0 Å². The van der Waals surface area contributed by atoms with Gasteiger partial charge in [-0.2, -0.15) is 0 Å². The van der Waals surface area contributed by atoms with Crippen LogP contribution < -0.4 is 10.6 Å². The summed E-state index contributed by atoms with van der Waals surface area (Å²) in [5, 5.41) is 10.9. The lowest BCUT2D eigenvalue weighted by Crippen LogP contribution is -2.42. The number of hydrogen-bond donors (Lipinski definition) is 2. The van der Waals surface area contributed by atoms with Gasteiger partial charge in [0.15, 0.2) is 11.7 Å². The van der Waals surface area contributed by atoms with Gasteiger partial charge in [-0.25, -0.2) is 0 Å². The second-order valence-electron chi connectivity index (χ2n) is 7.00. The highest BCUT2D eigenvalue weighted by molar-refractivity contribution is 14.0. The first-order valence-corrected chi connectivity index (χ1v) is 9.78. The lowest BCUT2D eigenvalue weighted by molar-refractivity contribution is 0.249. The first-order chi connectivity index (χ1) is 12.2. The number of rotatable bonds is 9. The van der Waals surface area contributed by atoms with E-state index >= 15 is 0 Å². The molecule has 0 spiro atoms. The number of likely N-dealkylation sites (N-methyl/N-ethyl adjacent to an activating group) is 1. The first kappa shape index (κ1) is 23.2. The van der Waals surface area contributed by atoms with Crippen LogP contribution in [0.1, 0.15) is 69.7 Å². The molecule has 1 aliphatic rings. The number of hydrogen-bond acceptors (Lipinski definition) is 4. The van der Waals surface area contributed by atoms with Crippen molar-refractivity contribution >= 4 is 29.9 Å². The summed E-state index contributed by atoms with van der Waals surface area (Å²) < 4.78 is 5.45. The molecule has 7 heteroatoms. The van der Waals surface area contributed by atoms with E-state index in [9.17, 15) is 0 Å². The Balaban J connectivity index is 0.00000338. The standard InChI is InChI=1S/C19H35N5O.HI/c1-5-15(6-2)18-13-17(25-23-18)14-22-19(20-3)21-11-12-24(4)16-9-7-8-10-16;/h13,15-16H,5-12,14H2,1-4H3,(H2,20,21,22);1H. The molecule has 1 aliphatic carbocycles. The number of nitrogens with zero attached hydrogens (tertiary/aromatic N) is 3.